The number of nitrogens with zero attached hydrogens (tertiary/aromatic N) is 6. The third-order valence-corrected chi connectivity index (χ3v) is 4.00. The van der Waals surface area contributed by atoms with Crippen molar-refractivity contribution in [3.8, 4) is 0 Å². The number of sulfonamides is 1. The Kier molecular flexibility index (Phi) is 3.05. The highest BCUT2D eigenvalue weighted by molar-refractivity contribution is 7.94. The van der Waals surface area contributed by atoms with Crippen LogP contribution < -0.4 is 5.12 Å². The number of benzene rings is 1. The van der Waals surface area contributed by atoms with Gasteiger partial charge in [0, 0.05) is 5.95 Å². The molecule has 2 heterocycles. The molecule has 1 aromatic carbocycles. The Labute approximate surface area is 121 Å². The van der Waals surface area contributed by atoms with Gasteiger partial charge >= 0.3 is 0 Å². The maximum absolute atomic E-state index is 12.2. The van der Waals surface area contributed by atoms with Gasteiger partial charge in [-0.15, -0.1) is 5.12 Å². The summed E-state index contributed by atoms with van der Waals surface area (Å²) in [6.07, 6.45) is 0. The molecule has 108 valence electrons. The minimum atomic E-state index is -3.85. The third kappa shape index (κ3) is 2.97. The van der Waals surface area contributed by atoms with Gasteiger partial charge in [-0.3, -0.25) is 4.72 Å². The average Bonchev–Trinajstić information content (AvgIpc) is 3.22. The monoisotopic (exact) mass is 303 g/mol. The smallest absolute Gasteiger partial charge is 0.229 e. The Balaban J connectivity index is 1.90. The molecule has 0 saturated carbocycles. The lowest BCUT2D eigenvalue weighted by atomic mass is 10.2. The molecule has 9 heteroatoms. The Morgan fingerprint density at radius 2 is 1.71 bits per heavy atom. The summed E-state index contributed by atoms with van der Waals surface area (Å²) in [5.74, 6) is 0.253. The summed E-state index contributed by atoms with van der Waals surface area (Å²) in [5, 5.41) is 8.46. The fraction of sp³-hybridized carbons (Fsp3) is 0.167. The molecule has 2 aromatic rings. The molecule has 3 rings (SSSR count). The van der Waals surface area contributed by atoms with Crippen LogP contribution >= 0.6 is 0 Å². The van der Waals surface area contributed by atoms with E-state index in [9.17, 15) is 8.42 Å². The molecule has 1 aliphatic heterocycles. The van der Waals surface area contributed by atoms with E-state index in [0.717, 1.165) is 5.56 Å². The van der Waals surface area contributed by atoms with Gasteiger partial charge in [-0.2, -0.15) is 0 Å². The first-order chi connectivity index (χ1) is 9.94. The number of rotatable bonds is 4. The van der Waals surface area contributed by atoms with Gasteiger partial charge in [0.05, 0.1) is 4.90 Å². The van der Waals surface area contributed by atoms with Gasteiger partial charge in [-0.25, -0.2) is 8.42 Å². The Bertz CT molecular complexity index is 810. The van der Waals surface area contributed by atoms with Crippen molar-refractivity contribution in [2.45, 2.75) is 18.7 Å². The van der Waals surface area contributed by atoms with Crippen molar-refractivity contribution in [1.29, 1.82) is 0 Å². The zero-order chi connectivity index (χ0) is 15.0. The SMILES string of the molecule is Cc1ccc(S(=O)(=O)[N-]c2nc(C)cc(N3N=N3)n2)cc1. The summed E-state index contributed by atoms with van der Waals surface area (Å²) in [6.45, 7) is 3.59. The van der Waals surface area contributed by atoms with E-state index in [2.05, 4.69) is 25.1 Å². The van der Waals surface area contributed by atoms with Crippen LogP contribution in [0.15, 0.2) is 45.7 Å². The highest BCUT2D eigenvalue weighted by Gasteiger charge is 2.15. The van der Waals surface area contributed by atoms with E-state index in [4.69, 9.17) is 0 Å². The molecule has 0 saturated heterocycles. The predicted molar refractivity (Wildman–Crippen MR) is 75.5 cm³/mol. The maximum atomic E-state index is 12.2. The van der Waals surface area contributed by atoms with Gasteiger partial charge < -0.3 is 9.97 Å². The molecule has 21 heavy (non-hydrogen) atoms. The van der Waals surface area contributed by atoms with Crippen LogP contribution in [0.5, 0.6) is 0 Å². The average molecular weight is 303 g/mol. The minimum Gasteiger partial charge on any atom is -0.363 e. The highest BCUT2D eigenvalue weighted by atomic mass is 32.2. The van der Waals surface area contributed by atoms with Gasteiger partial charge in [-0.05, 0) is 48.2 Å². The van der Waals surface area contributed by atoms with E-state index in [1.807, 2.05) is 6.92 Å². The van der Waals surface area contributed by atoms with E-state index in [0.29, 0.717) is 11.5 Å². The van der Waals surface area contributed by atoms with Crippen LogP contribution in [0, 0.1) is 13.8 Å². The number of hydrogen-bond acceptors (Lipinski definition) is 7. The summed E-state index contributed by atoms with van der Waals surface area (Å²) in [7, 11) is -3.85. The third-order valence-electron chi connectivity index (χ3n) is 2.73. The normalized spacial score (nSPS) is 13.3. The first-order valence-corrected chi connectivity index (χ1v) is 7.50. The summed E-state index contributed by atoms with van der Waals surface area (Å²) in [5.41, 5.74) is 1.54. The van der Waals surface area contributed by atoms with Gasteiger partial charge in [0.2, 0.25) is 10.0 Å². The van der Waals surface area contributed by atoms with E-state index in [1.165, 1.54) is 17.3 Å². The molecule has 0 radical (unpaired) electrons. The van der Waals surface area contributed by atoms with Crippen LogP contribution in [0.4, 0.5) is 11.8 Å². The lowest BCUT2D eigenvalue weighted by Gasteiger charge is -2.15. The molecular weight excluding hydrogens is 292 g/mol. The van der Waals surface area contributed by atoms with Gasteiger partial charge in [0.15, 0.2) is 0 Å². The topological polar surface area (TPSA) is 102 Å². The van der Waals surface area contributed by atoms with E-state index < -0.39 is 10.0 Å². The summed E-state index contributed by atoms with van der Waals surface area (Å²) in [6, 6.07) is 8.05. The number of anilines is 1. The number of aryl methyl sites for hydroxylation is 2. The standard InChI is InChI=1S/C12H11N6O2S/c1-8-3-5-10(6-4-8)21(19,20)15-12-13-9(2)7-11(14-12)18-16-17-18/h3-7H,1-2H3/q-1. The van der Waals surface area contributed by atoms with E-state index in [-0.39, 0.29) is 10.8 Å². The molecule has 0 fully saturated rings. The minimum absolute atomic E-state index is 0.0980. The van der Waals surface area contributed by atoms with Crippen molar-refractivity contribution in [2.75, 3.05) is 5.12 Å². The summed E-state index contributed by atoms with van der Waals surface area (Å²) < 4.78 is 28.1. The van der Waals surface area contributed by atoms with Crippen molar-refractivity contribution in [3.05, 3.63) is 46.3 Å². The largest absolute Gasteiger partial charge is 0.363 e. The predicted octanol–water partition coefficient (Wildman–Crippen LogP) is 2.59. The first-order valence-electron chi connectivity index (χ1n) is 6.06. The Hall–Kier alpha value is -2.55. The van der Waals surface area contributed by atoms with Crippen molar-refractivity contribution >= 4 is 21.8 Å². The van der Waals surface area contributed by atoms with Crippen LogP contribution in [0.3, 0.4) is 0 Å². The molecule has 0 aliphatic carbocycles. The van der Waals surface area contributed by atoms with E-state index in [1.54, 1.807) is 25.1 Å². The molecule has 0 spiro atoms. The number of hydrogen-bond donors (Lipinski definition) is 0. The van der Waals surface area contributed by atoms with Gasteiger partial charge in [-0.1, -0.05) is 17.7 Å². The second kappa shape index (κ2) is 4.77. The Morgan fingerprint density at radius 3 is 2.33 bits per heavy atom. The fourth-order valence-corrected chi connectivity index (χ4v) is 2.54. The molecule has 0 amide bonds. The molecule has 1 aliphatic rings. The number of aromatic nitrogens is 2. The fourth-order valence-electron chi connectivity index (χ4n) is 1.66. The van der Waals surface area contributed by atoms with Crippen molar-refractivity contribution < 1.29 is 8.42 Å². The second-order valence-electron chi connectivity index (χ2n) is 4.52. The molecule has 0 bridgehead atoms. The van der Waals surface area contributed by atoms with Crippen molar-refractivity contribution in [1.82, 2.24) is 9.97 Å². The molecular formula is C12H11N6O2S-. The highest BCUT2D eigenvalue weighted by Crippen LogP contribution is 2.29. The zero-order valence-corrected chi connectivity index (χ0v) is 12.1. The van der Waals surface area contributed by atoms with Gasteiger partial charge in [0.25, 0.3) is 0 Å². The van der Waals surface area contributed by atoms with Crippen LogP contribution in [0.1, 0.15) is 11.3 Å². The van der Waals surface area contributed by atoms with Crippen LogP contribution in [0.2, 0.25) is 0 Å². The van der Waals surface area contributed by atoms with Crippen molar-refractivity contribution in [2.24, 2.45) is 10.4 Å². The van der Waals surface area contributed by atoms with Crippen molar-refractivity contribution in [3.63, 3.8) is 0 Å². The molecule has 0 N–H and O–H groups in total. The van der Waals surface area contributed by atoms with Crippen LogP contribution in [-0.4, -0.2) is 18.4 Å². The molecule has 0 atom stereocenters. The lowest BCUT2D eigenvalue weighted by molar-refractivity contribution is 0.603. The Morgan fingerprint density at radius 1 is 1.05 bits per heavy atom. The maximum Gasteiger partial charge on any atom is 0.229 e. The summed E-state index contributed by atoms with van der Waals surface area (Å²) >= 11 is 0. The van der Waals surface area contributed by atoms with Gasteiger partial charge in [0.1, 0.15) is 5.82 Å². The first kappa shape index (κ1) is 13.4. The molecule has 8 nitrogen and oxygen atoms in total. The molecule has 0 unspecified atom stereocenters. The van der Waals surface area contributed by atoms with Crippen LogP contribution in [0.25, 0.3) is 4.72 Å². The second-order valence-corrected chi connectivity index (χ2v) is 6.12. The quantitative estimate of drug-likeness (QED) is 0.863. The summed E-state index contributed by atoms with van der Waals surface area (Å²) in [4.78, 5) is 8.11. The lowest BCUT2D eigenvalue weighted by Crippen LogP contribution is -2.02. The van der Waals surface area contributed by atoms with E-state index >= 15 is 0 Å². The molecule has 1 aromatic heterocycles. The zero-order valence-electron chi connectivity index (χ0n) is 11.3. The van der Waals surface area contributed by atoms with Crippen LogP contribution in [-0.2, 0) is 10.0 Å².